The number of rotatable bonds is 2. The second-order valence-corrected chi connectivity index (χ2v) is 5.19. The molecule has 2 aromatic rings. The van der Waals surface area contributed by atoms with Gasteiger partial charge in [-0.3, -0.25) is 10.1 Å². The van der Waals surface area contributed by atoms with Gasteiger partial charge < -0.3 is 15.2 Å². The molecule has 1 aromatic heterocycles. The Labute approximate surface area is 114 Å². The minimum Gasteiger partial charge on any atom is -0.480 e. The molecule has 0 fully saturated rings. The summed E-state index contributed by atoms with van der Waals surface area (Å²) in [4.78, 5) is 26.0. The average molecular weight is 274 g/mol. The Bertz CT molecular complexity index is 721. The van der Waals surface area contributed by atoms with E-state index in [2.05, 4.69) is 10.3 Å². The summed E-state index contributed by atoms with van der Waals surface area (Å²) >= 11 is 0. The first kappa shape index (κ1) is 12.7. The van der Waals surface area contributed by atoms with Gasteiger partial charge in [-0.1, -0.05) is 18.2 Å². The Kier molecular flexibility index (Phi) is 2.58. The third-order valence-electron chi connectivity index (χ3n) is 3.91. The summed E-state index contributed by atoms with van der Waals surface area (Å²) in [6.07, 6.45) is 0.261. The summed E-state index contributed by atoms with van der Waals surface area (Å²) in [5.74, 6) is -2.15. The number of carboxylic acid groups (broad SMARTS) is 2. The van der Waals surface area contributed by atoms with Crippen molar-refractivity contribution >= 4 is 22.8 Å². The largest absolute Gasteiger partial charge is 0.480 e. The predicted molar refractivity (Wildman–Crippen MR) is 71.6 cm³/mol. The summed E-state index contributed by atoms with van der Waals surface area (Å²) in [5.41, 5.74) is 0.675. The molecule has 0 bridgehead atoms. The fourth-order valence-electron chi connectivity index (χ4n) is 2.83. The molecule has 3 rings (SSSR count). The van der Waals surface area contributed by atoms with Gasteiger partial charge in [-0.05, 0) is 18.6 Å². The summed E-state index contributed by atoms with van der Waals surface area (Å²) in [6.45, 7) is 1.48. The number of fused-ring (bicyclic) bond motifs is 3. The molecular formula is C14H14N2O4. The van der Waals surface area contributed by atoms with Crippen molar-refractivity contribution in [2.24, 2.45) is 0 Å². The van der Waals surface area contributed by atoms with Crippen molar-refractivity contribution in [3.63, 3.8) is 0 Å². The third-order valence-corrected chi connectivity index (χ3v) is 3.91. The van der Waals surface area contributed by atoms with E-state index >= 15 is 0 Å². The zero-order valence-electron chi connectivity index (χ0n) is 10.8. The van der Waals surface area contributed by atoms with Crippen LogP contribution in [-0.4, -0.2) is 33.2 Å². The number of para-hydroxylation sites is 1. The van der Waals surface area contributed by atoms with E-state index in [9.17, 15) is 19.8 Å². The fourth-order valence-corrected chi connectivity index (χ4v) is 2.83. The SMILES string of the molecule is CC1(C(=O)O)NC(C(=O)O)Cc2c1[nH]c1ccccc21. The van der Waals surface area contributed by atoms with Gasteiger partial charge >= 0.3 is 11.9 Å². The molecule has 0 radical (unpaired) electrons. The van der Waals surface area contributed by atoms with E-state index in [1.54, 1.807) is 0 Å². The molecule has 2 atom stereocenters. The summed E-state index contributed by atoms with van der Waals surface area (Å²) in [5, 5.41) is 22.3. The van der Waals surface area contributed by atoms with Crippen LogP contribution in [0.5, 0.6) is 0 Å². The quantitative estimate of drug-likeness (QED) is 0.656. The van der Waals surface area contributed by atoms with E-state index in [0.717, 1.165) is 16.5 Å². The lowest BCUT2D eigenvalue weighted by molar-refractivity contribution is -0.147. The van der Waals surface area contributed by atoms with Crippen molar-refractivity contribution in [2.75, 3.05) is 0 Å². The Morgan fingerprint density at radius 3 is 2.65 bits per heavy atom. The van der Waals surface area contributed by atoms with E-state index in [1.807, 2.05) is 24.3 Å². The molecule has 0 spiro atoms. The number of H-pyrrole nitrogens is 1. The minimum absolute atomic E-state index is 0.261. The van der Waals surface area contributed by atoms with E-state index in [0.29, 0.717) is 5.69 Å². The number of aromatic amines is 1. The number of carboxylic acids is 2. The maximum absolute atomic E-state index is 11.6. The third kappa shape index (κ3) is 1.61. The Morgan fingerprint density at radius 2 is 2.00 bits per heavy atom. The van der Waals surface area contributed by atoms with Gasteiger partial charge in [-0.2, -0.15) is 0 Å². The molecule has 0 saturated heterocycles. The molecular weight excluding hydrogens is 260 g/mol. The Balaban J connectivity index is 2.27. The van der Waals surface area contributed by atoms with Crippen molar-refractivity contribution < 1.29 is 19.8 Å². The van der Waals surface area contributed by atoms with E-state index < -0.39 is 23.5 Å². The Morgan fingerprint density at radius 1 is 1.30 bits per heavy atom. The van der Waals surface area contributed by atoms with Gasteiger partial charge in [-0.25, -0.2) is 4.79 Å². The first-order valence-corrected chi connectivity index (χ1v) is 6.27. The average Bonchev–Trinajstić information content (AvgIpc) is 2.78. The van der Waals surface area contributed by atoms with Crippen molar-refractivity contribution in [1.29, 1.82) is 0 Å². The van der Waals surface area contributed by atoms with Crippen LogP contribution in [0, 0.1) is 0 Å². The fraction of sp³-hybridized carbons (Fsp3) is 0.286. The van der Waals surface area contributed by atoms with E-state index in [1.165, 1.54) is 6.92 Å². The first-order chi connectivity index (χ1) is 9.43. The van der Waals surface area contributed by atoms with Crippen molar-refractivity contribution in [3.05, 3.63) is 35.5 Å². The van der Waals surface area contributed by atoms with E-state index in [4.69, 9.17) is 0 Å². The van der Waals surface area contributed by atoms with Crippen LogP contribution >= 0.6 is 0 Å². The summed E-state index contributed by atoms with van der Waals surface area (Å²) in [6, 6.07) is 6.52. The number of hydrogen-bond donors (Lipinski definition) is 4. The van der Waals surface area contributed by atoms with Gasteiger partial charge in [0.1, 0.15) is 6.04 Å². The summed E-state index contributed by atoms with van der Waals surface area (Å²) < 4.78 is 0. The highest BCUT2D eigenvalue weighted by Gasteiger charge is 2.46. The van der Waals surface area contributed by atoms with Crippen LogP contribution < -0.4 is 5.32 Å². The number of carbonyl (C=O) groups is 2. The molecule has 104 valence electrons. The van der Waals surface area contributed by atoms with Crippen LogP contribution in [0.15, 0.2) is 24.3 Å². The lowest BCUT2D eigenvalue weighted by atomic mass is 9.85. The van der Waals surface area contributed by atoms with Crippen LogP contribution in [0.2, 0.25) is 0 Å². The highest BCUT2D eigenvalue weighted by atomic mass is 16.4. The monoisotopic (exact) mass is 274 g/mol. The van der Waals surface area contributed by atoms with Crippen LogP contribution in [0.4, 0.5) is 0 Å². The van der Waals surface area contributed by atoms with Crippen LogP contribution in [0.25, 0.3) is 10.9 Å². The maximum atomic E-state index is 11.6. The van der Waals surface area contributed by atoms with Gasteiger partial charge in [0.15, 0.2) is 5.54 Å². The van der Waals surface area contributed by atoms with Gasteiger partial charge in [-0.15, -0.1) is 0 Å². The number of aromatic nitrogens is 1. The van der Waals surface area contributed by atoms with Crippen LogP contribution in [-0.2, 0) is 21.5 Å². The molecule has 0 aliphatic carbocycles. The van der Waals surface area contributed by atoms with Crippen molar-refractivity contribution in [1.82, 2.24) is 10.3 Å². The highest BCUT2D eigenvalue weighted by Crippen LogP contribution is 2.35. The zero-order valence-corrected chi connectivity index (χ0v) is 10.8. The molecule has 0 amide bonds. The lowest BCUT2D eigenvalue weighted by Crippen LogP contribution is -2.58. The van der Waals surface area contributed by atoms with Gasteiger partial charge in [0.05, 0.1) is 5.69 Å². The molecule has 1 aromatic carbocycles. The molecule has 4 N–H and O–H groups in total. The molecule has 20 heavy (non-hydrogen) atoms. The second-order valence-electron chi connectivity index (χ2n) is 5.19. The molecule has 6 heteroatoms. The second kappa shape index (κ2) is 4.08. The van der Waals surface area contributed by atoms with E-state index in [-0.39, 0.29) is 6.42 Å². The number of aliphatic carboxylic acids is 2. The lowest BCUT2D eigenvalue weighted by Gasteiger charge is -2.34. The minimum atomic E-state index is -1.43. The van der Waals surface area contributed by atoms with Gasteiger partial charge in [0, 0.05) is 17.3 Å². The molecule has 0 saturated carbocycles. The predicted octanol–water partition coefficient (Wildman–Crippen LogP) is 1.07. The first-order valence-electron chi connectivity index (χ1n) is 6.27. The van der Waals surface area contributed by atoms with Crippen LogP contribution in [0.3, 0.4) is 0 Å². The number of benzene rings is 1. The maximum Gasteiger partial charge on any atom is 0.329 e. The number of nitrogens with one attached hydrogen (secondary N) is 2. The topological polar surface area (TPSA) is 102 Å². The normalized spacial score (nSPS) is 25.4. The summed E-state index contributed by atoms with van der Waals surface area (Å²) in [7, 11) is 0. The molecule has 1 aliphatic heterocycles. The van der Waals surface area contributed by atoms with Crippen molar-refractivity contribution in [3.8, 4) is 0 Å². The van der Waals surface area contributed by atoms with Gasteiger partial charge in [0.25, 0.3) is 0 Å². The number of hydrogen-bond acceptors (Lipinski definition) is 3. The van der Waals surface area contributed by atoms with Gasteiger partial charge in [0.2, 0.25) is 0 Å². The van der Waals surface area contributed by atoms with Crippen molar-refractivity contribution in [2.45, 2.75) is 24.9 Å². The molecule has 6 nitrogen and oxygen atoms in total. The standard InChI is InChI=1S/C14H14N2O4/c1-14(13(19)20)11-8(6-10(16-14)12(17)18)7-4-2-3-5-9(7)15-11/h2-5,10,15-16H,6H2,1H3,(H,17,18)(H,19,20). The smallest absolute Gasteiger partial charge is 0.329 e. The molecule has 1 aliphatic rings. The zero-order chi connectivity index (χ0) is 14.5. The highest BCUT2D eigenvalue weighted by molar-refractivity contribution is 5.91. The molecule has 2 heterocycles. The van der Waals surface area contributed by atoms with Crippen LogP contribution in [0.1, 0.15) is 18.2 Å². The Hall–Kier alpha value is -2.34. The molecule has 2 unspecified atom stereocenters.